The number of ether oxygens (including phenoxy) is 2. The predicted octanol–water partition coefficient (Wildman–Crippen LogP) is 3.20. The molecule has 1 fully saturated rings. The maximum absolute atomic E-state index is 12.5. The highest BCUT2D eigenvalue weighted by molar-refractivity contribution is 6.32. The number of para-hydroxylation sites is 1. The van der Waals surface area contributed by atoms with Crippen molar-refractivity contribution in [2.45, 2.75) is 26.0 Å². The first kappa shape index (κ1) is 19.7. The Morgan fingerprint density at radius 2 is 2.00 bits per heavy atom. The summed E-state index contributed by atoms with van der Waals surface area (Å²) in [6, 6.07) is 11.0. The third-order valence-corrected chi connectivity index (χ3v) is 4.87. The van der Waals surface area contributed by atoms with Gasteiger partial charge in [-0.2, -0.15) is 0 Å². The smallest absolute Gasteiger partial charge is 0.260 e. The van der Waals surface area contributed by atoms with Crippen molar-refractivity contribution < 1.29 is 18.7 Å². The Labute approximate surface area is 164 Å². The van der Waals surface area contributed by atoms with Crippen LogP contribution in [0.4, 0.5) is 0 Å². The van der Waals surface area contributed by atoms with Crippen LogP contribution in [0.2, 0.25) is 5.02 Å². The molecule has 0 spiro atoms. The molecular weight excluding hydrogens is 368 g/mol. The van der Waals surface area contributed by atoms with Gasteiger partial charge in [-0.1, -0.05) is 23.7 Å². The normalized spacial score (nSPS) is 17.3. The van der Waals surface area contributed by atoms with Crippen molar-refractivity contribution in [1.82, 2.24) is 10.2 Å². The van der Waals surface area contributed by atoms with E-state index in [1.54, 1.807) is 19.1 Å². The summed E-state index contributed by atoms with van der Waals surface area (Å²) in [6.45, 7) is 7.00. The van der Waals surface area contributed by atoms with Crippen molar-refractivity contribution in [3.63, 3.8) is 0 Å². The summed E-state index contributed by atoms with van der Waals surface area (Å²) in [5.74, 6) is 1.99. The second kappa shape index (κ2) is 9.26. The van der Waals surface area contributed by atoms with Crippen LogP contribution < -0.4 is 10.1 Å². The summed E-state index contributed by atoms with van der Waals surface area (Å²) in [5, 5.41) is 3.46. The molecule has 1 aliphatic rings. The quantitative estimate of drug-likeness (QED) is 0.783. The largest absolute Gasteiger partial charge is 0.479 e. The lowest BCUT2D eigenvalue weighted by molar-refractivity contribution is -0.127. The van der Waals surface area contributed by atoms with Crippen molar-refractivity contribution in [2.75, 3.05) is 32.8 Å². The molecule has 0 bridgehead atoms. The third-order valence-electron chi connectivity index (χ3n) is 4.56. The Bertz CT molecular complexity index is 758. The molecule has 1 aromatic heterocycles. The zero-order valence-electron chi connectivity index (χ0n) is 15.6. The number of morpholine rings is 1. The molecule has 2 aromatic rings. The van der Waals surface area contributed by atoms with Gasteiger partial charge in [0.1, 0.15) is 17.3 Å². The Balaban J connectivity index is 1.62. The summed E-state index contributed by atoms with van der Waals surface area (Å²) < 4.78 is 17.0. The van der Waals surface area contributed by atoms with Crippen molar-refractivity contribution >= 4 is 17.5 Å². The van der Waals surface area contributed by atoms with Gasteiger partial charge in [0.2, 0.25) is 0 Å². The second-order valence-corrected chi connectivity index (χ2v) is 6.96. The molecule has 1 saturated heterocycles. The first-order valence-electron chi connectivity index (χ1n) is 9.11. The number of aryl methyl sites for hydroxylation is 1. The van der Waals surface area contributed by atoms with Crippen LogP contribution in [0.3, 0.4) is 0 Å². The molecule has 7 heteroatoms. The van der Waals surface area contributed by atoms with Crippen LogP contribution in [0.25, 0.3) is 0 Å². The summed E-state index contributed by atoms with van der Waals surface area (Å²) in [4.78, 5) is 14.8. The fourth-order valence-corrected chi connectivity index (χ4v) is 3.24. The molecule has 0 aliphatic carbocycles. The molecular formula is C20H25ClN2O4. The number of nitrogens with zero attached hydrogens (tertiary/aromatic N) is 1. The van der Waals surface area contributed by atoms with Gasteiger partial charge in [0.25, 0.3) is 5.91 Å². The number of carbonyl (C=O) groups is 1. The molecule has 2 heterocycles. The van der Waals surface area contributed by atoms with E-state index in [1.165, 1.54) is 0 Å². The van der Waals surface area contributed by atoms with Crippen LogP contribution in [-0.2, 0) is 9.53 Å². The molecule has 0 radical (unpaired) electrons. The van der Waals surface area contributed by atoms with E-state index in [2.05, 4.69) is 10.2 Å². The number of nitrogens with one attached hydrogen (secondary N) is 1. The van der Waals surface area contributed by atoms with Gasteiger partial charge in [-0.25, -0.2) is 0 Å². The van der Waals surface area contributed by atoms with E-state index in [-0.39, 0.29) is 11.9 Å². The van der Waals surface area contributed by atoms with E-state index < -0.39 is 6.10 Å². The summed E-state index contributed by atoms with van der Waals surface area (Å²) in [5.41, 5.74) is 0. The molecule has 2 atom stereocenters. The zero-order valence-corrected chi connectivity index (χ0v) is 16.4. The average Bonchev–Trinajstić information content (AvgIpc) is 3.10. The summed E-state index contributed by atoms with van der Waals surface area (Å²) in [6.07, 6.45) is -0.659. The van der Waals surface area contributed by atoms with Crippen LogP contribution in [0, 0.1) is 6.92 Å². The van der Waals surface area contributed by atoms with Gasteiger partial charge in [-0.15, -0.1) is 0 Å². The van der Waals surface area contributed by atoms with Crippen LogP contribution >= 0.6 is 11.6 Å². The Morgan fingerprint density at radius 3 is 2.67 bits per heavy atom. The van der Waals surface area contributed by atoms with Gasteiger partial charge in [-0.05, 0) is 38.1 Å². The lowest BCUT2D eigenvalue weighted by Crippen LogP contribution is -2.45. The maximum Gasteiger partial charge on any atom is 0.260 e. The molecule has 1 aliphatic heterocycles. The van der Waals surface area contributed by atoms with Gasteiger partial charge in [0.05, 0.1) is 24.3 Å². The highest BCUT2D eigenvalue weighted by Gasteiger charge is 2.26. The van der Waals surface area contributed by atoms with Gasteiger partial charge < -0.3 is 19.2 Å². The van der Waals surface area contributed by atoms with Crippen molar-refractivity contribution in [1.29, 1.82) is 0 Å². The molecule has 27 heavy (non-hydrogen) atoms. The lowest BCUT2D eigenvalue weighted by atomic mass is 10.1. The SMILES string of the molecule is Cc1ccc([C@H](CNC(=O)[C@H](C)Oc2ccccc2Cl)N2CCOCC2)o1. The molecule has 0 unspecified atom stereocenters. The van der Waals surface area contributed by atoms with Crippen LogP contribution in [0.15, 0.2) is 40.8 Å². The van der Waals surface area contributed by atoms with Gasteiger partial charge >= 0.3 is 0 Å². The van der Waals surface area contributed by atoms with E-state index in [9.17, 15) is 4.79 Å². The highest BCUT2D eigenvalue weighted by Crippen LogP contribution is 2.25. The van der Waals surface area contributed by atoms with Crippen molar-refractivity contribution in [3.8, 4) is 5.75 Å². The number of benzene rings is 1. The topological polar surface area (TPSA) is 63.9 Å². The number of carbonyl (C=O) groups excluding carboxylic acids is 1. The van der Waals surface area contributed by atoms with E-state index in [1.807, 2.05) is 31.2 Å². The first-order chi connectivity index (χ1) is 13.0. The fraction of sp³-hybridized carbons (Fsp3) is 0.450. The molecule has 146 valence electrons. The van der Waals surface area contributed by atoms with Crippen molar-refractivity contribution in [3.05, 3.63) is 52.9 Å². The molecule has 1 aromatic carbocycles. The Hall–Kier alpha value is -2.02. The number of hydrogen-bond acceptors (Lipinski definition) is 5. The monoisotopic (exact) mass is 392 g/mol. The number of amides is 1. The second-order valence-electron chi connectivity index (χ2n) is 6.55. The molecule has 0 saturated carbocycles. The fourth-order valence-electron chi connectivity index (χ4n) is 3.06. The molecule has 3 rings (SSSR count). The molecule has 6 nitrogen and oxygen atoms in total. The van der Waals surface area contributed by atoms with E-state index >= 15 is 0 Å². The number of rotatable bonds is 7. The number of hydrogen-bond donors (Lipinski definition) is 1. The zero-order chi connectivity index (χ0) is 19.2. The first-order valence-corrected chi connectivity index (χ1v) is 9.49. The van der Waals surface area contributed by atoms with Crippen molar-refractivity contribution in [2.24, 2.45) is 0 Å². The number of furan rings is 1. The van der Waals surface area contributed by atoms with E-state index in [0.29, 0.717) is 30.5 Å². The number of halogens is 1. The molecule has 1 N–H and O–H groups in total. The maximum atomic E-state index is 12.5. The van der Waals surface area contributed by atoms with Gasteiger partial charge in [0.15, 0.2) is 6.10 Å². The third kappa shape index (κ3) is 5.25. The summed E-state index contributed by atoms with van der Waals surface area (Å²) >= 11 is 6.10. The van der Waals surface area contributed by atoms with Crippen LogP contribution in [0.1, 0.15) is 24.5 Å². The molecule has 1 amide bonds. The summed E-state index contributed by atoms with van der Waals surface area (Å²) in [7, 11) is 0. The van der Waals surface area contributed by atoms with Crippen LogP contribution in [0.5, 0.6) is 5.75 Å². The standard InChI is InChI=1S/C20H25ClN2O4/c1-14-7-8-19(26-14)17(23-9-11-25-12-10-23)13-22-20(24)15(2)27-18-6-4-3-5-16(18)21/h3-8,15,17H,9-13H2,1-2H3,(H,22,24)/t15-,17-/m0/s1. The Kier molecular flexibility index (Phi) is 6.77. The highest BCUT2D eigenvalue weighted by atomic mass is 35.5. The van der Waals surface area contributed by atoms with E-state index in [0.717, 1.165) is 24.6 Å². The minimum absolute atomic E-state index is 0.0425. The van der Waals surface area contributed by atoms with Crippen LogP contribution in [-0.4, -0.2) is 49.8 Å². The average molecular weight is 393 g/mol. The van der Waals surface area contributed by atoms with E-state index in [4.69, 9.17) is 25.5 Å². The van der Waals surface area contributed by atoms with Gasteiger partial charge in [0, 0.05) is 19.6 Å². The minimum Gasteiger partial charge on any atom is -0.479 e. The van der Waals surface area contributed by atoms with Gasteiger partial charge in [-0.3, -0.25) is 9.69 Å². The lowest BCUT2D eigenvalue weighted by Gasteiger charge is -2.33. The minimum atomic E-state index is -0.659. The predicted molar refractivity (Wildman–Crippen MR) is 103 cm³/mol. The Morgan fingerprint density at radius 1 is 1.26 bits per heavy atom.